The Kier molecular flexibility index (Phi) is 13.0. The van der Waals surface area contributed by atoms with Crippen LogP contribution in [0, 0.1) is 0 Å². The van der Waals surface area contributed by atoms with Gasteiger partial charge in [0.25, 0.3) is 0 Å². The van der Waals surface area contributed by atoms with E-state index in [1.807, 2.05) is 37.3 Å². The van der Waals surface area contributed by atoms with E-state index in [1.54, 1.807) is 36.4 Å². The number of fused-ring (bicyclic) bond motifs is 1. The number of nitrogens with one attached hydrogen (secondary N) is 1. The first-order valence-electron chi connectivity index (χ1n) is 17.2. The third-order valence-corrected chi connectivity index (χ3v) is 8.61. The van der Waals surface area contributed by atoms with E-state index in [-0.39, 0.29) is 42.4 Å². The highest BCUT2D eigenvalue weighted by Gasteiger charge is 2.30. The molecule has 12 nitrogen and oxygen atoms in total. The second kappa shape index (κ2) is 17.8. The average molecular weight is 763 g/mol. The highest BCUT2D eigenvalue weighted by atomic mass is 19.4. The molecule has 1 aromatic heterocycles. The molecule has 0 radical (unpaired) electrons. The Morgan fingerprint density at radius 1 is 0.836 bits per heavy atom. The SMILES string of the molecule is CN(C)CCc1c[nH]c2cccc(OC(=O)Oc3cc(C[C@@H](N)C(=O)O)ccc3OC(=O)N(C)CCC(Oc3ccc(C(F)(F)F)cc3)c3ccccc3)c12. The fraction of sp³-hybridized carbons (Fsp3) is 0.275. The molecule has 0 aliphatic heterocycles. The molecule has 0 aliphatic rings. The number of nitrogens with two attached hydrogens (primary N) is 1. The van der Waals surface area contributed by atoms with E-state index in [0.29, 0.717) is 17.4 Å². The number of benzene rings is 4. The first-order chi connectivity index (χ1) is 26.2. The van der Waals surface area contributed by atoms with Crippen LogP contribution in [0.3, 0.4) is 0 Å². The molecule has 0 bridgehead atoms. The quantitative estimate of drug-likeness (QED) is 0.0723. The van der Waals surface area contributed by atoms with Crippen LogP contribution in [0.2, 0.25) is 0 Å². The van der Waals surface area contributed by atoms with Gasteiger partial charge in [0.2, 0.25) is 0 Å². The van der Waals surface area contributed by atoms with Gasteiger partial charge in [-0.05, 0) is 92.2 Å². The van der Waals surface area contributed by atoms with Crippen LogP contribution in [-0.2, 0) is 23.8 Å². The third-order valence-electron chi connectivity index (χ3n) is 8.61. The molecule has 1 heterocycles. The monoisotopic (exact) mass is 762 g/mol. The predicted molar refractivity (Wildman–Crippen MR) is 197 cm³/mol. The summed E-state index contributed by atoms with van der Waals surface area (Å²) in [5.74, 6) is -1.16. The molecule has 15 heteroatoms. The van der Waals surface area contributed by atoms with Crippen LogP contribution in [0.25, 0.3) is 10.9 Å². The molecule has 55 heavy (non-hydrogen) atoms. The van der Waals surface area contributed by atoms with Crippen LogP contribution in [0.15, 0.2) is 97.2 Å². The molecule has 1 amide bonds. The highest BCUT2D eigenvalue weighted by molar-refractivity contribution is 5.91. The lowest BCUT2D eigenvalue weighted by molar-refractivity contribution is -0.139. The van der Waals surface area contributed by atoms with Gasteiger partial charge < -0.3 is 44.6 Å². The first kappa shape index (κ1) is 40.1. The average Bonchev–Trinajstić information content (AvgIpc) is 3.57. The number of carboxylic acids is 1. The summed E-state index contributed by atoms with van der Waals surface area (Å²) in [6.07, 6.45) is -4.49. The van der Waals surface area contributed by atoms with Crippen molar-refractivity contribution in [2.45, 2.75) is 37.6 Å². The number of aromatic nitrogens is 1. The summed E-state index contributed by atoms with van der Waals surface area (Å²) in [7, 11) is 5.38. The number of aromatic amines is 1. The lowest BCUT2D eigenvalue weighted by Crippen LogP contribution is -2.32. The van der Waals surface area contributed by atoms with Crippen LogP contribution in [0.4, 0.5) is 22.8 Å². The van der Waals surface area contributed by atoms with Gasteiger partial charge in [-0.25, -0.2) is 9.59 Å². The minimum absolute atomic E-state index is 0.0830. The van der Waals surface area contributed by atoms with Crippen LogP contribution >= 0.6 is 0 Å². The molecule has 0 saturated heterocycles. The van der Waals surface area contributed by atoms with Crippen LogP contribution < -0.4 is 24.7 Å². The van der Waals surface area contributed by atoms with Gasteiger partial charge in [-0.15, -0.1) is 0 Å². The number of ether oxygens (including phenoxy) is 4. The number of H-pyrrole nitrogens is 1. The number of hydrogen-bond acceptors (Lipinski definition) is 9. The Hall–Kier alpha value is -6.06. The number of carbonyl (C=O) groups excluding carboxylic acids is 2. The van der Waals surface area contributed by atoms with E-state index in [2.05, 4.69) is 4.98 Å². The maximum atomic E-state index is 13.4. The summed E-state index contributed by atoms with van der Waals surface area (Å²) in [4.78, 5) is 44.5. The number of hydrogen-bond donors (Lipinski definition) is 3. The number of rotatable bonds is 15. The van der Waals surface area contributed by atoms with Crippen LogP contribution in [0.1, 0.15) is 34.8 Å². The molecule has 1 unspecified atom stereocenters. The second-order valence-corrected chi connectivity index (χ2v) is 13.0. The first-order valence-corrected chi connectivity index (χ1v) is 17.2. The van der Waals surface area contributed by atoms with Crippen molar-refractivity contribution < 1.29 is 51.6 Å². The number of nitrogens with zero attached hydrogens (tertiary/aromatic N) is 2. The van der Waals surface area contributed by atoms with Gasteiger partial charge in [-0.3, -0.25) is 4.79 Å². The number of alkyl halides is 3. The van der Waals surface area contributed by atoms with Crippen molar-refractivity contribution >= 4 is 29.1 Å². The zero-order valence-electron chi connectivity index (χ0n) is 30.3. The van der Waals surface area contributed by atoms with Crippen molar-refractivity contribution in [1.82, 2.24) is 14.8 Å². The third kappa shape index (κ3) is 11.0. The molecular weight excluding hydrogens is 721 g/mol. The lowest BCUT2D eigenvalue weighted by atomic mass is 10.1. The molecule has 0 fully saturated rings. The summed E-state index contributed by atoms with van der Waals surface area (Å²) < 4.78 is 62.3. The largest absolute Gasteiger partial charge is 0.519 e. The number of amides is 1. The van der Waals surface area contributed by atoms with E-state index in [0.717, 1.165) is 35.3 Å². The van der Waals surface area contributed by atoms with Gasteiger partial charge in [0.05, 0.1) is 5.56 Å². The fourth-order valence-corrected chi connectivity index (χ4v) is 5.65. The van der Waals surface area contributed by atoms with E-state index in [4.69, 9.17) is 24.7 Å². The Balaban J connectivity index is 1.31. The number of likely N-dealkylation sites (N-methyl/N-ethyl adjacent to an activating group) is 1. The molecule has 0 saturated carbocycles. The maximum absolute atomic E-state index is 13.4. The highest BCUT2D eigenvalue weighted by Crippen LogP contribution is 2.34. The topological polar surface area (TPSA) is 157 Å². The minimum atomic E-state index is -4.50. The molecule has 4 N–H and O–H groups in total. The molecule has 5 rings (SSSR count). The summed E-state index contributed by atoms with van der Waals surface area (Å²) >= 11 is 0. The van der Waals surface area contributed by atoms with Crippen molar-refractivity contribution in [3.8, 4) is 23.0 Å². The molecule has 290 valence electrons. The Labute approximate surface area is 315 Å². The van der Waals surface area contributed by atoms with Crippen molar-refractivity contribution in [1.29, 1.82) is 0 Å². The molecule has 0 aliphatic carbocycles. The van der Waals surface area contributed by atoms with Crippen molar-refractivity contribution in [3.05, 3.63) is 119 Å². The van der Waals surface area contributed by atoms with E-state index >= 15 is 0 Å². The lowest BCUT2D eigenvalue weighted by Gasteiger charge is -2.23. The fourth-order valence-electron chi connectivity index (χ4n) is 5.65. The maximum Gasteiger partial charge on any atom is 0.519 e. The normalized spacial score (nSPS) is 12.6. The van der Waals surface area contributed by atoms with Gasteiger partial charge in [-0.1, -0.05) is 42.5 Å². The number of carbonyl (C=O) groups is 3. The van der Waals surface area contributed by atoms with E-state index in [1.165, 1.54) is 42.3 Å². The number of aliphatic carboxylic acids is 1. The summed E-state index contributed by atoms with van der Waals surface area (Å²) in [5.41, 5.74) is 7.73. The van der Waals surface area contributed by atoms with Crippen LogP contribution in [0.5, 0.6) is 23.0 Å². The minimum Gasteiger partial charge on any atom is -0.486 e. The van der Waals surface area contributed by atoms with E-state index in [9.17, 15) is 32.7 Å². The molecule has 4 aromatic carbocycles. The van der Waals surface area contributed by atoms with Crippen LogP contribution in [-0.4, -0.2) is 78.4 Å². The predicted octanol–water partition coefficient (Wildman–Crippen LogP) is 7.46. The number of carboxylic acid groups (broad SMARTS) is 1. The Morgan fingerprint density at radius 3 is 2.22 bits per heavy atom. The molecular formula is C40H41F3N4O8. The van der Waals surface area contributed by atoms with Gasteiger partial charge in [0.15, 0.2) is 11.5 Å². The zero-order valence-corrected chi connectivity index (χ0v) is 30.3. The van der Waals surface area contributed by atoms with Crippen molar-refractivity contribution in [2.24, 2.45) is 5.73 Å². The Bertz CT molecular complexity index is 2090. The van der Waals surface area contributed by atoms with Gasteiger partial charge >= 0.3 is 24.4 Å². The molecule has 2 atom stereocenters. The van der Waals surface area contributed by atoms with Gasteiger partial charge in [0.1, 0.15) is 23.6 Å². The summed E-state index contributed by atoms with van der Waals surface area (Å²) in [6, 6.07) is 21.4. The summed E-state index contributed by atoms with van der Waals surface area (Å²) in [5, 5.41) is 10.0. The Morgan fingerprint density at radius 2 is 1.55 bits per heavy atom. The van der Waals surface area contributed by atoms with E-state index < -0.39 is 42.1 Å². The zero-order chi connectivity index (χ0) is 39.7. The summed E-state index contributed by atoms with van der Waals surface area (Å²) in [6.45, 7) is 0.832. The number of halogens is 3. The van der Waals surface area contributed by atoms with Crippen molar-refractivity contribution in [2.75, 3.05) is 34.2 Å². The molecule has 5 aromatic rings. The standard InChI is InChI=1S/C40H41F3N4O8/c1-46(2)20-18-27-24-45-31-10-7-11-34(36(27)31)54-39(51)55-35-23-25(22-30(44)37(48)49)12-17-33(35)53-38(50)47(3)21-19-32(26-8-5-4-6-9-26)52-29-15-13-28(14-16-29)40(41,42)43/h4-17,23-24,30,32,45H,18-22,44H2,1-3H3,(H,48,49)/t30-,32?/m1/s1. The van der Waals surface area contributed by atoms with Gasteiger partial charge in [-0.2, -0.15) is 13.2 Å². The van der Waals surface area contributed by atoms with Gasteiger partial charge in [0, 0.05) is 43.7 Å². The molecule has 0 spiro atoms. The van der Waals surface area contributed by atoms with Crippen molar-refractivity contribution in [3.63, 3.8) is 0 Å². The second-order valence-electron chi connectivity index (χ2n) is 13.0. The smallest absolute Gasteiger partial charge is 0.486 e.